The maximum Gasteiger partial charge on any atom is 0.405 e. The van der Waals surface area contributed by atoms with E-state index in [-0.39, 0.29) is 10.5 Å². The lowest BCUT2D eigenvalue weighted by molar-refractivity contribution is -0.123. The summed E-state index contributed by atoms with van der Waals surface area (Å²) >= 11 is 0. The summed E-state index contributed by atoms with van der Waals surface area (Å²) in [6.45, 7) is 0.353. The number of nitrogens with one attached hydrogen (secondary N) is 2. The number of anilines is 1. The topological polar surface area (TPSA) is 75.3 Å². The fraction of sp³-hybridized carbons (Fsp3) is 0.188. The summed E-state index contributed by atoms with van der Waals surface area (Å²) < 4.78 is 63.5. The van der Waals surface area contributed by atoms with Crippen molar-refractivity contribution >= 4 is 21.6 Å². The molecule has 0 aliphatic rings. The van der Waals surface area contributed by atoms with Crippen LogP contribution in [0.3, 0.4) is 0 Å². The molecule has 25 heavy (non-hydrogen) atoms. The van der Waals surface area contributed by atoms with Crippen LogP contribution in [0.4, 0.5) is 18.9 Å². The Morgan fingerprint density at radius 2 is 1.72 bits per heavy atom. The fourth-order valence-corrected chi connectivity index (χ4v) is 3.03. The van der Waals surface area contributed by atoms with Crippen LogP contribution in [0.25, 0.3) is 0 Å². The SMILES string of the molecule is Cc1ccc(NS(=O)(=O)c2cccc(C(=O)NCC(F)(F)F)c2)cc1. The van der Waals surface area contributed by atoms with Gasteiger partial charge in [0.1, 0.15) is 6.54 Å². The molecule has 2 aromatic carbocycles. The highest BCUT2D eigenvalue weighted by Crippen LogP contribution is 2.18. The Kier molecular flexibility index (Phi) is 5.36. The van der Waals surface area contributed by atoms with Gasteiger partial charge in [-0.1, -0.05) is 23.8 Å². The van der Waals surface area contributed by atoms with Crippen LogP contribution in [0.2, 0.25) is 0 Å². The van der Waals surface area contributed by atoms with E-state index in [4.69, 9.17) is 0 Å². The first-order valence-electron chi connectivity index (χ1n) is 7.11. The summed E-state index contributed by atoms with van der Waals surface area (Å²) in [5, 5.41) is 1.69. The number of hydrogen-bond acceptors (Lipinski definition) is 3. The molecule has 0 bridgehead atoms. The van der Waals surface area contributed by atoms with E-state index in [9.17, 15) is 26.4 Å². The summed E-state index contributed by atoms with van der Waals surface area (Å²) in [4.78, 5) is 11.5. The predicted octanol–water partition coefficient (Wildman–Crippen LogP) is 3.09. The highest BCUT2D eigenvalue weighted by molar-refractivity contribution is 7.92. The van der Waals surface area contributed by atoms with Crippen LogP contribution in [0.1, 0.15) is 15.9 Å². The van der Waals surface area contributed by atoms with E-state index >= 15 is 0 Å². The van der Waals surface area contributed by atoms with Gasteiger partial charge in [0.05, 0.1) is 4.90 Å². The van der Waals surface area contributed by atoms with Gasteiger partial charge in [0, 0.05) is 11.3 Å². The van der Waals surface area contributed by atoms with Crippen molar-refractivity contribution in [1.82, 2.24) is 5.32 Å². The Bertz CT molecular complexity index is 863. The predicted molar refractivity (Wildman–Crippen MR) is 86.8 cm³/mol. The highest BCUT2D eigenvalue weighted by atomic mass is 32.2. The van der Waals surface area contributed by atoms with Gasteiger partial charge in [-0.25, -0.2) is 8.42 Å². The molecule has 0 spiro atoms. The maximum atomic E-state index is 12.4. The van der Waals surface area contributed by atoms with Crippen molar-refractivity contribution < 1.29 is 26.4 Å². The van der Waals surface area contributed by atoms with E-state index in [1.807, 2.05) is 6.92 Å². The summed E-state index contributed by atoms with van der Waals surface area (Å²) in [5.41, 5.74) is 1.10. The number of rotatable bonds is 5. The van der Waals surface area contributed by atoms with Gasteiger partial charge in [0.15, 0.2) is 0 Å². The summed E-state index contributed by atoms with van der Waals surface area (Å²) in [7, 11) is -3.98. The molecule has 0 radical (unpaired) electrons. The van der Waals surface area contributed by atoms with Gasteiger partial charge < -0.3 is 5.32 Å². The third-order valence-corrected chi connectivity index (χ3v) is 4.54. The van der Waals surface area contributed by atoms with Crippen LogP contribution < -0.4 is 10.0 Å². The molecule has 9 heteroatoms. The number of sulfonamides is 1. The van der Waals surface area contributed by atoms with Crippen molar-refractivity contribution in [2.75, 3.05) is 11.3 Å². The van der Waals surface area contributed by atoms with Gasteiger partial charge >= 0.3 is 6.18 Å². The largest absolute Gasteiger partial charge is 0.405 e. The minimum absolute atomic E-state index is 0.184. The van der Waals surface area contributed by atoms with Crippen molar-refractivity contribution in [3.05, 3.63) is 59.7 Å². The Morgan fingerprint density at radius 1 is 1.08 bits per heavy atom. The van der Waals surface area contributed by atoms with Gasteiger partial charge in [-0.3, -0.25) is 9.52 Å². The van der Waals surface area contributed by atoms with Crippen molar-refractivity contribution in [1.29, 1.82) is 0 Å². The van der Waals surface area contributed by atoms with E-state index in [0.717, 1.165) is 11.6 Å². The molecule has 0 atom stereocenters. The normalized spacial score (nSPS) is 11.8. The lowest BCUT2D eigenvalue weighted by Crippen LogP contribution is -2.33. The van der Waals surface area contributed by atoms with Gasteiger partial charge in [-0.2, -0.15) is 13.2 Å². The third kappa shape index (κ3) is 5.49. The van der Waals surface area contributed by atoms with Crippen LogP contribution in [-0.4, -0.2) is 27.0 Å². The molecule has 0 saturated heterocycles. The number of hydrogen-bond donors (Lipinski definition) is 2. The van der Waals surface area contributed by atoms with Gasteiger partial charge in [-0.05, 0) is 37.3 Å². The minimum Gasteiger partial charge on any atom is -0.343 e. The molecule has 0 aliphatic heterocycles. The zero-order chi connectivity index (χ0) is 18.7. The number of aryl methyl sites for hydroxylation is 1. The van der Waals surface area contributed by atoms with Crippen LogP contribution in [0.5, 0.6) is 0 Å². The smallest absolute Gasteiger partial charge is 0.343 e. The Labute approximate surface area is 142 Å². The second-order valence-corrected chi connectivity index (χ2v) is 6.98. The molecule has 0 saturated carbocycles. The van der Waals surface area contributed by atoms with Crippen molar-refractivity contribution in [3.63, 3.8) is 0 Å². The molecule has 1 amide bonds. The van der Waals surface area contributed by atoms with Gasteiger partial charge in [0.2, 0.25) is 0 Å². The molecule has 134 valence electrons. The zero-order valence-corrected chi connectivity index (χ0v) is 13.9. The number of benzene rings is 2. The number of carbonyl (C=O) groups excluding carboxylic acids is 1. The van der Waals surface area contributed by atoms with Gasteiger partial charge in [-0.15, -0.1) is 0 Å². The standard InChI is InChI=1S/C16H15F3N2O3S/c1-11-5-7-13(8-6-11)21-25(23,24)14-4-2-3-12(9-14)15(22)20-10-16(17,18)19/h2-9,21H,10H2,1H3,(H,20,22). The molecular formula is C16H15F3N2O3S. The van der Waals surface area contributed by atoms with Crippen LogP contribution in [0.15, 0.2) is 53.4 Å². The Morgan fingerprint density at radius 3 is 2.32 bits per heavy atom. The van der Waals surface area contributed by atoms with Crippen LogP contribution in [0, 0.1) is 6.92 Å². The van der Waals surface area contributed by atoms with Gasteiger partial charge in [0.25, 0.3) is 15.9 Å². The van der Waals surface area contributed by atoms with Crippen molar-refractivity contribution in [2.45, 2.75) is 18.0 Å². The molecule has 0 unspecified atom stereocenters. The monoisotopic (exact) mass is 372 g/mol. The number of amides is 1. The lowest BCUT2D eigenvalue weighted by atomic mass is 10.2. The summed E-state index contributed by atoms with van der Waals surface area (Å²) in [6.07, 6.45) is -4.55. The highest BCUT2D eigenvalue weighted by Gasteiger charge is 2.28. The number of alkyl halides is 3. The molecule has 5 nitrogen and oxygen atoms in total. The lowest BCUT2D eigenvalue weighted by Gasteiger charge is -2.11. The van der Waals surface area contributed by atoms with Crippen molar-refractivity contribution in [2.24, 2.45) is 0 Å². The van der Waals surface area contributed by atoms with E-state index in [1.54, 1.807) is 29.6 Å². The average molecular weight is 372 g/mol. The molecule has 0 aromatic heterocycles. The molecule has 2 aromatic rings. The number of halogens is 3. The Balaban J connectivity index is 2.19. The molecule has 0 aliphatic carbocycles. The van der Waals surface area contributed by atoms with Crippen LogP contribution in [-0.2, 0) is 10.0 Å². The zero-order valence-electron chi connectivity index (χ0n) is 13.1. The van der Waals surface area contributed by atoms with E-state index in [1.165, 1.54) is 18.2 Å². The number of carbonyl (C=O) groups is 1. The molecular weight excluding hydrogens is 357 g/mol. The first-order valence-corrected chi connectivity index (χ1v) is 8.60. The molecule has 0 fully saturated rings. The Hall–Kier alpha value is -2.55. The maximum absolute atomic E-state index is 12.4. The van der Waals surface area contributed by atoms with E-state index < -0.39 is 28.7 Å². The molecule has 0 heterocycles. The first-order chi connectivity index (χ1) is 11.6. The van der Waals surface area contributed by atoms with Crippen LogP contribution >= 0.6 is 0 Å². The summed E-state index contributed by atoms with van der Waals surface area (Å²) in [6, 6.07) is 11.4. The van der Waals surface area contributed by atoms with E-state index in [0.29, 0.717) is 5.69 Å². The second kappa shape index (κ2) is 7.14. The molecule has 2 N–H and O–H groups in total. The summed E-state index contributed by atoms with van der Waals surface area (Å²) in [5.74, 6) is -1.01. The van der Waals surface area contributed by atoms with Crippen molar-refractivity contribution in [3.8, 4) is 0 Å². The second-order valence-electron chi connectivity index (χ2n) is 5.30. The third-order valence-electron chi connectivity index (χ3n) is 3.16. The molecule has 2 rings (SSSR count). The fourth-order valence-electron chi connectivity index (χ4n) is 1.92. The van der Waals surface area contributed by atoms with E-state index in [2.05, 4.69) is 4.72 Å². The quantitative estimate of drug-likeness (QED) is 0.847. The first kappa shape index (κ1) is 18.8. The minimum atomic E-state index is -4.55. The average Bonchev–Trinajstić information content (AvgIpc) is 2.54.